The predicted molar refractivity (Wildman–Crippen MR) is 96.9 cm³/mol. The number of nitrogens with one attached hydrogen (secondary N) is 1. The summed E-state index contributed by atoms with van der Waals surface area (Å²) in [6, 6.07) is 16.8. The Morgan fingerprint density at radius 2 is 1.83 bits per heavy atom. The summed E-state index contributed by atoms with van der Waals surface area (Å²) in [6.45, 7) is 4.16. The molecular weight excluding hydrogens is 300 g/mol. The summed E-state index contributed by atoms with van der Waals surface area (Å²) < 4.78 is 11.1. The molecule has 1 saturated heterocycles. The van der Waals surface area contributed by atoms with Crippen molar-refractivity contribution in [1.82, 2.24) is 10.2 Å². The molecule has 1 aliphatic rings. The number of hydrogen-bond acceptors (Lipinski definition) is 4. The second-order valence-corrected chi connectivity index (χ2v) is 6.06. The van der Waals surface area contributed by atoms with Gasteiger partial charge in [0.25, 0.3) is 0 Å². The molecule has 0 saturated carbocycles. The van der Waals surface area contributed by atoms with Gasteiger partial charge in [-0.3, -0.25) is 4.90 Å². The molecule has 2 aromatic rings. The summed E-state index contributed by atoms with van der Waals surface area (Å²) >= 11 is 0. The van der Waals surface area contributed by atoms with Crippen LogP contribution in [0.25, 0.3) is 0 Å². The van der Waals surface area contributed by atoms with Crippen molar-refractivity contribution in [3.63, 3.8) is 0 Å². The van der Waals surface area contributed by atoms with Gasteiger partial charge >= 0.3 is 0 Å². The van der Waals surface area contributed by atoms with Gasteiger partial charge in [-0.1, -0.05) is 30.3 Å². The second kappa shape index (κ2) is 8.18. The molecule has 1 atom stereocenters. The third-order valence-electron chi connectivity index (χ3n) is 4.58. The number of rotatable bonds is 5. The molecule has 2 aromatic carbocycles. The highest BCUT2D eigenvalue weighted by Crippen LogP contribution is 2.36. The average Bonchev–Trinajstić information content (AvgIpc) is 2.92. The molecule has 0 bridgehead atoms. The lowest BCUT2D eigenvalue weighted by Crippen LogP contribution is -2.33. The van der Waals surface area contributed by atoms with Crippen LogP contribution in [-0.2, 0) is 0 Å². The van der Waals surface area contributed by atoms with E-state index in [9.17, 15) is 0 Å². The minimum absolute atomic E-state index is 0.163. The van der Waals surface area contributed by atoms with E-state index in [0.717, 1.165) is 44.1 Å². The normalized spacial score (nSPS) is 17.1. The van der Waals surface area contributed by atoms with Gasteiger partial charge in [0.1, 0.15) is 11.5 Å². The predicted octanol–water partition coefficient (Wildman–Crippen LogP) is 3.09. The van der Waals surface area contributed by atoms with Crippen LogP contribution in [0.5, 0.6) is 11.5 Å². The quantitative estimate of drug-likeness (QED) is 0.915. The smallest absolute Gasteiger partial charge is 0.123 e. The SMILES string of the molecule is COc1cccc(C(c2ccccc2OC)N2CCCNCC2)c1. The summed E-state index contributed by atoms with van der Waals surface area (Å²) in [5.41, 5.74) is 2.44. The van der Waals surface area contributed by atoms with Crippen molar-refractivity contribution in [3.05, 3.63) is 59.7 Å². The monoisotopic (exact) mass is 326 g/mol. The van der Waals surface area contributed by atoms with Crippen molar-refractivity contribution >= 4 is 0 Å². The lowest BCUT2D eigenvalue weighted by Gasteiger charge is -2.32. The molecule has 1 fully saturated rings. The molecule has 3 rings (SSSR count). The minimum atomic E-state index is 0.163. The number of methoxy groups -OCH3 is 2. The maximum atomic E-state index is 5.65. The first kappa shape index (κ1) is 16.8. The Hall–Kier alpha value is -2.04. The lowest BCUT2D eigenvalue weighted by molar-refractivity contribution is 0.236. The van der Waals surface area contributed by atoms with Crippen LogP contribution in [-0.4, -0.2) is 45.3 Å². The fraction of sp³-hybridized carbons (Fsp3) is 0.400. The standard InChI is InChI=1S/C20H26N2O2/c1-23-17-8-5-7-16(15-17)20(22-13-6-11-21-12-14-22)18-9-3-4-10-19(18)24-2/h3-5,7-10,15,20-21H,6,11-14H2,1-2H3. The van der Waals surface area contributed by atoms with Crippen LogP contribution in [0.1, 0.15) is 23.6 Å². The van der Waals surface area contributed by atoms with Crippen molar-refractivity contribution in [3.8, 4) is 11.5 Å². The van der Waals surface area contributed by atoms with Crippen LogP contribution in [0.4, 0.5) is 0 Å². The van der Waals surface area contributed by atoms with Crippen LogP contribution in [0.15, 0.2) is 48.5 Å². The molecular formula is C20H26N2O2. The number of ether oxygens (including phenoxy) is 2. The van der Waals surface area contributed by atoms with E-state index >= 15 is 0 Å². The van der Waals surface area contributed by atoms with E-state index in [1.165, 1.54) is 11.1 Å². The molecule has 128 valence electrons. The summed E-state index contributed by atoms with van der Waals surface area (Å²) in [7, 11) is 3.46. The Kier molecular flexibility index (Phi) is 5.72. The molecule has 1 aliphatic heterocycles. The first-order valence-corrected chi connectivity index (χ1v) is 8.55. The van der Waals surface area contributed by atoms with Gasteiger partial charge < -0.3 is 14.8 Å². The molecule has 1 unspecified atom stereocenters. The molecule has 4 heteroatoms. The van der Waals surface area contributed by atoms with Crippen molar-refractivity contribution in [2.45, 2.75) is 12.5 Å². The van der Waals surface area contributed by atoms with Crippen molar-refractivity contribution in [2.75, 3.05) is 40.4 Å². The van der Waals surface area contributed by atoms with Gasteiger partial charge in [0.2, 0.25) is 0 Å². The van der Waals surface area contributed by atoms with E-state index in [0.29, 0.717) is 0 Å². The third kappa shape index (κ3) is 3.71. The summed E-state index contributed by atoms with van der Waals surface area (Å²) in [5.74, 6) is 1.82. The van der Waals surface area contributed by atoms with Crippen LogP contribution in [0.2, 0.25) is 0 Å². The molecule has 1 N–H and O–H groups in total. The minimum Gasteiger partial charge on any atom is -0.497 e. The second-order valence-electron chi connectivity index (χ2n) is 6.06. The Labute approximate surface area is 144 Å². The van der Waals surface area contributed by atoms with Crippen molar-refractivity contribution < 1.29 is 9.47 Å². The number of hydrogen-bond donors (Lipinski definition) is 1. The molecule has 0 amide bonds. The van der Waals surface area contributed by atoms with E-state index in [-0.39, 0.29) is 6.04 Å². The Bertz CT molecular complexity index is 652. The van der Waals surface area contributed by atoms with Gasteiger partial charge in [0.15, 0.2) is 0 Å². The third-order valence-corrected chi connectivity index (χ3v) is 4.58. The Morgan fingerprint density at radius 3 is 2.67 bits per heavy atom. The number of benzene rings is 2. The van der Waals surface area contributed by atoms with E-state index in [2.05, 4.69) is 40.5 Å². The fourth-order valence-corrected chi connectivity index (χ4v) is 3.42. The molecule has 24 heavy (non-hydrogen) atoms. The number of para-hydroxylation sites is 1. The van der Waals surface area contributed by atoms with Crippen molar-refractivity contribution in [2.24, 2.45) is 0 Å². The molecule has 1 heterocycles. The largest absolute Gasteiger partial charge is 0.497 e. The van der Waals surface area contributed by atoms with Crippen molar-refractivity contribution in [1.29, 1.82) is 0 Å². The summed E-state index contributed by atoms with van der Waals surface area (Å²) in [6.07, 6.45) is 1.15. The molecule has 0 radical (unpaired) electrons. The maximum absolute atomic E-state index is 5.65. The Balaban J connectivity index is 2.05. The van der Waals surface area contributed by atoms with Gasteiger partial charge in [0, 0.05) is 25.2 Å². The van der Waals surface area contributed by atoms with Gasteiger partial charge in [-0.2, -0.15) is 0 Å². The summed E-state index contributed by atoms with van der Waals surface area (Å²) in [5, 5.41) is 3.49. The van der Waals surface area contributed by atoms with E-state index in [4.69, 9.17) is 9.47 Å². The van der Waals surface area contributed by atoms with E-state index < -0.39 is 0 Å². The lowest BCUT2D eigenvalue weighted by atomic mass is 9.95. The zero-order valence-electron chi connectivity index (χ0n) is 14.5. The van der Waals surface area contributed by atoms with Gasteiger partial charge in [0.05, 0.1) is 20.3 Å². The van der Waals surface area contributed by atoms with E-state index in [1.807, 2.05) is 18.2 Å². The van der Waals surface area contributed by atoms with Crippen LogP contribution in [0, 0.1) is 0 Å². The highest BCUT2D eigenvalue weighted by atomic mass is 16.5. The number of nitrogens with zero attached hydrogens (tertiary/aromatic N) is 1. The summed E-state index contributed by atoms with van der Waals surface area (Å²) in [4.78, 5) is 2.53. The molecule has 0 spiro atoms. The van der Waals surface area contributed by atoms with E-state index in [1.54, 1.807) is 14.2 Å². The highest BCUT2D eigenvalue weighted by Gasteiger charge is 2.26. The van der Waals surface area contributed by atoms with Crippen LogP contribution < -0.4 is 14.8 Å². The first-order chi connectivity index (χ1) is 11.8. The first-order valence-electron chi connectivity index (χ1n) is 8.55. The molecule has 4 nitrogen and oxygen atoms in total. The molecule has 0 aromatic heterocycles. The zero-order chi connectivity index (χ0) is 16.8. The average molecular weight is 326 g/mol. The van der Waals surface area contributed by atoms with Gasteiger partial charge in [-0.25, -0.2) is 0 Å². The van der Waals surface area contributed by atoms with Crippen LogP contribution >= 0.6 is 0 Å². The molecule has 0 aliphatic carbocycles. The maximum Gasteiger partial charge on any atom is 0.123 e. The van der Waals surface area contributed by atoms with Gasteiger partial charge in [-0.15, -0.1) is 0 Å². The topological polar surface area (TPSA) is 33.7 Å². The zero-order valence-corrected chi connectivity index (χ0v) is 14.5. The van der Waals surface area contributed by atoms with Crippen LogP contribution in [0.3, 0.4) is 0 Å². The van der Waals surface area contributed by atoms with Gasteiger partial charge in [-0.05, 0) is 36.7 Å². The highest BCUT2D eigenvalue weighted by molar-refractivity contribution is 5.43. The fourth-order valence-electron chi connectivity index (χ4n) is 3.42. The Morgan fingerprint density at radius 1 is 0.958 bits per heavy atom.